The summed E-state index contributed by atoms with van der Waals surface area (Å²) < 4.78 is 6.78. The number of methoxy groups -OCH3 is 1. The number of aromatic nitrogens is 4. The number of ether oxygens (including phenoxy) is 1. The number of hydrogen-bond donors (Lipinski definition) is 0. The van der Waals surface area contributed by atoms with Crippen LogP contribution in [0.2, 0.25) is 5.15 Å². The summed E-state index contributed by atoms with van der Waals surface area (Å²) >= 11 is 5.80. The predicted molar refractivity (Wildman–Crippen MR) is 67.8 cm³/mol. The molecule has 6 heteroatoms. The van der Waals surface area contributed by atoms with E-state index < -0.39 is 0 Å². The first-order chi connectivity index (χ1) is 8.76. The summed E-state index contributed by atoms with van der Waals surface area (Å²) in [6.45, 7) is 0. The molecule has 3 aromatic rings. The number of nitrogens with zero attached hydrogens (tertiary/aromatic N) is 4. The van der Waals surface area contributed by atoms with Crippen LogP contribution in [-0.2, 0) is 0 Å². The molecular formula is C12H9ClN4O. The van der Waals surface area contributed by atoms with E-state index >= 15 is 0 Å². The van der Waals surface area contributed by atoms with Gasteiger partial charge in [0, 0.05) is 5.56 Å². The van der Waals surface area contributed by atoms with E-state index in [-0.39, 0.29) is 0 Å². The highest BCUT2D eigenvalue weighted by Crippen LogP contribution is 2.21. The number of fused-ring (bicyclic) bond motifs is 1. The lowest BCUT2D eigenvalue weighted by Gasteiger charge is -2.00. The van der Waals surface area contributed by atoms with Gasteiger partial charge in [-0.05, 0) is 12.1 Å². The maximum Gasteiger partial charge on any atom is 0.182 e. The highest BCUT2D eigenvalue weighted by Gasteiger charge is 2.07. The van der Waals surface area contributed by atoms with Gasteiger partial charge in [0.1, 0.15) is 10.9 Å². The topological polar surface area (TPSA) is 52.3 Å². The summed E-state index contributed by atoms with van der Waals surface area (Å²) in [5.74, 6) is 1.38. The first kappa shape index (κ1) is 11.0. The predicted octanol–water partition coefficient (Wildman–Crippen LogP) is 2.45. The van der Waals surface area contributed by atoms with Crippen LogP contribution < -0.4 is 4.74 Å². The maximum absolute atomic E-state index is 5.80. The third-order valence-corrected chi connectivity index (χ3v) is 2.71. The highest BCUT2D eigenvalue weighted by molar-refractivity contribution is 6.29. The summed E-state index contributed by atoms with van der Waals surface area (Å²) in [7, 11) is 1.62. The molecule has 90 valence electrons. The quantitative estimate of drug-likeness (QED) is 0.710. The molecule has 0 amide bonds. The van der Waals surface area contributed by atoms with Crippen molar-refractivity contribution in [3.8, 4) is 17.1 Å². The van der Waals surface area contributed by atoms with E-state index in [0.29, 0.717) is 16.6 Å². The van der Waals surface area contributed by atoms with Crippen LogP contribution in [-0.4, -0.2) is 26.7 Å². The standard InChI is InChI=1S/C12H9ClN4O/c1-18-9-4-2-3-8(5-9)12-15-11-6-14-10(13)7-17(11)16-12/h2-7H,1H3. The molecule has 0 aliphatic carbocycles. The van der Waals surface area contributed by atoms with Crippen molar-refractivity contribution in [2.45, 2.75) is 0 Å². The van der Waals surface area contributed by atoms with Gasteiger partial charge in [-0.1, -0.05) is 23.7 Å². The monoisotopic (exact) mass is 260 g/mol. The Hall–Kier alpha value is -2.14. The van der Waals surface area contributed by atoms with Crippen molar-refractivity contribution in [1.29, 1.82) is 0 Å². The fourth-order valence-corrected chi connectivity index (χ4v) is 1.80. The molecule has 0 bridgehead atoms. The molecule has 1 aromatic carbocycles. The van der Waals surface area contributed by atoms with Crippen LogP contribution in [0.4, 0.5) is 0 Å². The lowest BCUT2D eigenvalue weighted by molar-refractivity contribution is 0.415. The number of rotatable bonds is 2. The van der Waals surface area contributed by atoms with Crippen molar-refractivity contribution in [2.24, 2.45) is 0 Å². The molecule has 0 atom stereocenters. The molecule has 2 aromatic heterocycles. The number of halogens is 1. The maximum atomic E-state index is 5.80. The van der Waals surface area contributed by atoms with Gasteiger partial charge in [0.05, 0.1) is 19.5 Å². The van der Waals surface area contributed by atoms with Crippen molar-refractivity contribution in [2.75, 3.05) is 7.11 Å². The van der Waals surface area contributed by atoms with Crippen LogP contribution in [0.5, 0.6) is 5.75 Å². The Labute approximate surface area is 108 Å². The molecule has 3 rings (SSSR count). The van der Waals surface area contributed by atoms with Gasteiger partial charge >= 0.3 is 0 Å². The molecule has 18 heavy (non-hydrogen) atoms. The molecule has 0 N–H and O–H groups in total. The molecule has 0 aliphatic heterocycles. The lowest BCUT2D eigenvalue weighted by atomic mass is 10.2. The van der Waals surface area contributed by atoms with Gasteiger partial charge in [-0.2, -0.15) is 0 Å². The van der Waals surface area contributed by atoms with Crippen LogP contribution in [0, 0.1) is 0 Å². The Morgan fingerprint density at radius 1 is 1.33 bits per heavy atom. The zero-order chi connectivity index (χ0) is 12.5. The summed E-state index contributed by atoms with van der Waals surface area (Å²) in [5.41, 5.74) is 1.53. The second kappa shape index (κ2) is 4.27. The van der Waals surface area contributed by atoms with Crippen LogP contribution in [0.1, 0.15) is 0 Å². The first-order valence-electron chi connectivity index (χ1n) is 5.28. The largest absolute Gasteiger partial charge is 0.497 e. The minimum absolute atomic E-state index is 0.379. The molecule has 0 saturated heterocycles. The Bertz CT molecular complexity index is 710. The normalized spacial score (nSPS) is 10.8. The molecule has 0 saturated carbocycles. The third kappa shape index (κ3) is 1.89. The Morgan fingerprint density at radius 2 is 2.22 bits per heavy atom. The molecule has 2 heterocycles. The van der Waals surface area contributed by atoms with Gasteiger partial charge in [-0.3, -0.25) is 0 Å². The first-order valence-corrected chi connectivity index (χ1v) is 5.66. The molecule has 5 nitrogen and oxygen atoms in total. The second-order valence-electron chi connectivity index (χ2n) is 3.68. The fourth-order valence-electron chi connectivity index (χ4n) is 1.66. The van der Waals surface area contributed by atoms with Crippen molar-refractivity contribution in [3.05, 3.63) is 41.8 Å². The van der Waals surface area contributed by atoms with E-state index in [2.05, 4.69) is 15.1 Å². The van der Waals surface area contributed by atoms with Gasteiger partial charge in [-0.15, -0.1) is 5.10 Å². The van der Waals surface area contributed by atoms with Gasteiger partial charge in [0.2, 0.25) is 0 Å². The van der Waals surface area contributed by atoms with E-state index in [1.54, 1.807) is 24.0 Å². The van der Waals surface area contributed by atoms with E-state index in [9.17, 15) is 0 Å². The average Bonchev–Trinajstić information content (AvgIpc) is 2.81. The van der Waals surface area contributed by atoms with E-state index in [4.69, 9.17) is 16.3 Å². The van der Waals surface area contributed by atoms with Crippen LogP contribution in [0.25, 0.3) is 17.0 Å². The molecule has 0 radical (unpaired) electrons. The van der Waals surface area contributed by atoms with Crippen LogP contribution >= 0.6 is 11.6 Å². The van der Waals surface area contributed by atoms with Gasteiger partial charge in [0.15, 0.2) is 11.5 Å². The minimum atomic E-state index is 0.379. The van der Waals surface area contributed by atoms with E-state index in [0.717, 1.165) is 11.3 Å². The van der Waals surface area contributed by atoms with E-state index in [1.165, 1.54) is 0 Å². The highest BCUT2D eigenvalue weighted by atomic mass is 35.5. The van der Waals surface area contributed by atoms with Crippen molar-refractivity contribution < 1.29 is 4.74 Å². The summed E-state index contributed by atoms with van der Waals surface area (Å²) in [6, 6.07) is 7.57. The van der Waals surface area contributed by atoms with Gasteiger partial charge in [-0.25, -0.2) is 14.5 Å². The molecular weight excluding hydrogens is 252 g/mol. The second-order valence-corrected chi connectivity index (χ2v) is 4.07. The Morgan fingerprint density at radius 3 is 3.06 bits per heavy atom. The van der Waals surface area contributed by atoms with Gasteiger partial charge < -0.3 is 4.74 Å². The summed E-state index contributed by atoms with van der Waals surface area (Å²) in [6.07, 6.45) is 3.20. The zero-order valence-electron chi connectivity index (χ0n) is 9.54. The molecule has 0 spiro atoms. The fraction of sp³-hybridized carbons (Fsp3) is 0.0833. The molecule has 0 fully saturated rings. The number of benzene rings is 1. The number of hydrogen-bond acceptors (Lipinski definition) is 4. The van der Waals surface area contributed by atoms with Crippen molar-refractivity contribution >= 4 is 17.2 Å². The molecule has 0 unspecified atom stereocenters. The van der Waals surface area contributed by atoms with Crippen LogP contribution in [0.3, 0.4) is 0 Å². The molecule has 0 aliphatic rings. The summed E-state index contributed by atoms with van der Waals surface area (Å²) in [4.78, 5) is 8.34. The lowest BCUT2D eigenvalue weighted by Crippen LogP contribution is -1.88. The third-order valence-electron chi connectivity index (χ3n) is 2.52. The van der Waals surface area contributed by atoms with Gasteiger partial charge in [0.25, 0.3) is 0 Å². The Kier molecular flexibility index (Phi) is 2.60. The van der Waals surface area contributed by atoms with Crippen molar-refractivity contribution in [3.63, 3.8) is 0 Å². The SMILES string of the molecule is COc1cccc(-c2nc3cnc(Cl)cn3n2)c1. The smallest absolute Gasteiger partial charge is 0.182 e. The average molecular weight is 261 g/mol. The minimum Gasteiger partial charge on any atom is -0.497 e. The zero-order valence-corrected chi connectivity index (χ0v) is 10.3. The Balaban J connectivity index is 2.13. The van der Waals surface area contributed by atoms with Crippen LogP contribution in [0.15, 0.2) is 36.7 Å². The van der Waals surface area contributed by atoms with E-state index in [1.807, 2.05) is 24.3 Å². The van der Waals surface area contributed by atoms with Crippen molar-refractivity contribution in [1.82, 2.24) is 19.6 Å². The summed E-state index contributed by atoms with van der Waals surface area (Å²) in [5, 5.41) is 4.72.